The maximum absolute atomic E-state index is 12.9. The molecule has 2 aromatic rings. The van der Waals surface area contributed by atoms with Crippen LogP contribution in [0.4, 0.5) is 0 Å². The fourth-order valence-electron chi connectivity index (χ4n) is 3.03. The van der Waals surface area contributed by atoms with Crippen molar-refractivity contribution >= 4 is 10.0 Å². The topological polar surface area (TPSA) is 85.5 Å². The Balaban J connectivity index is 1.65. The number of aryl methyl sites for hydroxylation is 1. The summed E-state index contributed by atoms with van der Waals surface area (Å²) in [5.74, 6) is 1.33. The van der Waals surface area contributed by atoms with Crippen LogP contribution in [0.1, 0.15) is 49.9 Å². The molecule has 0 spiro atoms. The van der Waals surface area contributed by atoms with E-state index in [0.717, 1.165) is 18.4 Å². The van der Waals surface area contributed by atoms with E-state index < -0.39 is 10.0 Å². The first-order chi connectivity index (χ1) is 12.4. The summed E-state index contributed by atoms with van der Waals surface area (Å²) in [7, 11) is -3.51. The lowest BCUT2D eigenvalue weighted by Crippen LogP contribution is -2.43. The van der Waals surface area contributed by atoms with Crippen molar-refractivity contribution in [1.29, 1.82) is 0 Å². The number of rotatable bonds is 6. The van der Waals surface area contributed by atoms with E-state index in [1.165, 1.54) is 4.31 Å². The molecule has 1 aromatic carbocycles. The monoisotopic (exact) mass is 379 g/mol. The Morgan fingerprint density at radius 3 is 2.65 bits per heavy atom. The van der Waals surface area contributed by atoms with Crippen LogP contribution in [0.3, 0.4) is 0 Å². The van der Waals surface area contributed by atoms with Crippen LogP contribution in [-0.4, -0.2) is 42.1 Å². The molecular weight excluding hydrogens is 354 g/mol. The minimum absolute atomic E-state index is 0.174. The zero-order chi connectivity index (χ0) is 18.7. The smallest absolute Gasteiger partial charge is 0.243 e. The van der Waals surface area contributed by atoms with E-state index in [9.17, 15) is 8.42 Å². The molecule has 0 N–H and O–H groups in total. The molecule has 1 fully saturated rings. The van der Waals surface area contributed by atoms with Gasteiger partial charge in [0.25, 0.3) is 0 Å². The summed E-state index contributed by atoms with van der Waals surface area (Å²) in [5.41, 5.74) is 1.12. The van der Waals surface area contributed by atoms with Gasteiger partial charge in [0, 0.05) is 20.0 Å². The number of sulfonamides is 1. The average Bonchev–Trinajstić information content (AvgIpc) is 3.05. The van der Waals surface area contributed by atoms with Gasteiger partial charge in [0.2, 0.25) is 15.9 Å². The highest BCUT2D eigenvalue weighted by atomic mass is 32.2. The molecule has 1 aromatic heterocycles. The van der Waals surface area contributed by atoms with Gasteiger partial charge in [-0.3, -0.25) is 0 Å². The summed E-state index contributed by atoms with van der Waals surface area (Å²) in [6.07, 6.45) is 1.40. The van der Waals surface area contributed by atoms with E-state index in [1.807, 2.05) is 12.1 Å². The van der Waals surface area contributed by atoms with Crippen molar-refractivity contribution in [2.24, 2.45) is 0 Å². The Morgan fingerprint density at radius 2 is 2.04 bits per heavy atom. The van der Waals surface area contributed by atoms with Crippen molar-refractivity contribution in [2.75, 3.05) is 13.1 Å². The first-order valence-electron chi connectivity index (χ1n) is 8.87. The van der Waals surface area contributed by atoms with E-state index in [2.05, 4.69) is 24.0 Å². The van der Waals surface area contributed by atoms with Crippen molar-refractivity contribution in [3.05, 3.63) is 41.5 Å². The molecule has 142 valence electrons. The summed E-state index contributed by atoms with van der Waals surface area (Å²) >= 11 is 0. The zero-order valence-electron chi connectivity index (χ0n) is 15.4. The Kier molecular flexibility index (Phi) is 5.74. The van der Waals surface area contributed by atoms with Gasteiger partial charge in [-0.15, -0.1) is 0 Å². The number of ether oxygens (including phenoxy) is 1. The highest BCUT2D eigenvalue weighted by Gasteiger charge is 2.30. The molecule has 0 saturated carbocycles. The fourth-order valence-corrected chi connectivity index (χ4v) is 4.54. The van der Waals surface area contributed by atoms with E-state index in [0.29, 0.717) is 35.6 Å². The van der Waals surface area contributed by atoms with Crippen molar-refractivity contribution < 1.29 is 17.7 Å². The zero-order valence-corrected chi connectivity index (χ0v) is 16.2. The third-order valence-electron chi connectivity index (χ3n) is 4.54. The lowest BCUT2D eigenvalue weighted by molar-refractivity contribution is 0.00438. The van der Waals surface area contributed by atoms with Crippen LogP contribution >= 0.6 is 0 Å². The molecule has 1 aliphatic heterocycles. The molecular formula is C18H25N3O4S. The summed E-state index contributed by atoms with van der Waals surface area (Å²) in [6.45, 7) is 6.96. The van der Waals surface area contributed by atoms with E-state index in [1.54, 1.807) is 19.1 Å². The number of nitrogens with zero attached hydrogens (tertiary/aromatic N) is 3. The van der Waals surface area contributed by atoms with Gasteiger partial charge in [0.1, 0.15) is 6.61 Å². The molecule has 0 amide bonds. The molecule has 1 saturated heterocycles. The molecule has 1 unspecified atom stereocenters. The van der Waals surface area contributed by atoms with Crippen LogP contribution in [-0.2, 0) is 21.4 Å². The number of aromatic nitrogens is 2. The number of benzene rings is 1. The predicted molar refractivity (Wildman–Crippen MR) is 96.1 cm³/mol. The lowest BCUT2D eigenvalue weighted by atomic mass is 10.0. The maximum Gasteiger partial charge on any atom is 0.243 e. The van der Waals surface area contributed by atoms with Gasteiger partial charge in [0.05, 0.1) is 11.0 Å². The second-order valence-electron chi connectivity index (χ2n) is 6.89. The van der Waals surface area contributed by atoms with Gasteiger partial charge < -0.3 is 9.26 Å². The second-order valence-corrected chi connectivity index (χ2v) is 8.83. The van der Waals surface area contributed by atoms with Crippen LogP contribution in [0.25, 0.3) is 0 Å². The highest BCUT2D eigenvalue weighted by Crippen LogP contribution is 2.24. The van der Waals surface area contributed by atoms with Crippen LogP contribution in [0, 0.1) is 6.92 Å². The summed E-state index contributed by atoms with van der Waals surface area (Å²) in [6, 6.07) is 7.15. The standard InChI is InChI=1S/C18H25N3O4S/c1-13(2)15-6-8-17(9-7-15)26(22,23)21-10-4-5-16(11-21)24-12-18-19-14(3)25-20-18/h6-9,13,16H,4-5,10-12H2,1-3H3. The fraction of sp³-hybridized carbons (Fsp3) is 0.556. The molecule has 7 nitrogen and oxygen atoms in total. The minimum atomic E-state index is -3.51. The van der Waals surface area contributed by atoms with Crippen molar-refractivity contribution in [2.45, 2.75) is 57.1 Å². The summed E-state index contributed by atoms with van der Waals surface area (Å²) in [4.78, 5) is 4.43. The van der Waals surface area contributed by atoms with Crippen LogP contribution in [0.5, 0.6) is 0 Å². The molecule has 26 heavy (non-hydrogen) atoms. The molecule has 1 atom stereocenters. The van der Waals surface area contributed by atoms with Crippen LogP contribution in [0.15, 0.2) is 33.7 Å². The first-order valence-corrected chi connectivity index (χ1v) is 10.3. The molecule has 2 heterocycles. The van der Waals surface area contributed by atoms with Crippen molar-refractivity contribution in [1.82, 2.24) is 14.4 Å². The predicted octanol–water partition coefficient (Wildman–Crippen LogP) is 2.87. The number of hydrogen-bond donors (Lipinski definition) is 0. The average molecular weight is 379 g/mol. The first kappa shape index (κ1) is 19.0. The Hall–Kier alpha value is -1.77. The van der Waals surface area contributed by atoms with Gasteiger partial charge >= 0.3 is 0 Å². The maximum atomic E-state index is 12.9. The highest BCUT2D eigenvalue weighted by molar-refractivity contribution is 7.89. The minimum Gasteiger partial charge on any atom is -0.369 e. The molecule has 1 aliphatic rings. The molecule has 8 heteroatoms. The van der Waals surface area contributed by atoms with Crippen molar-refractivity contribution in [3.63, 3.8) is 0 Å². The number of piperidine rings is 1. The quantitative estimate of drug-likeness (QED) is 0.767. The summed E-state index contributed by atoms with van der Waals surface area (Å²) < 4.78 is 38.1. The summed E-state index contributed by atoms with van der Waals surface area (Å²) in [5, 5.41) is 3.79. The largest absolute Gasteiger partial charge is 0.369 e. The van der Waals surface area contributed by atoms with Gasteiger partial charge in [-0.05, 0) is 36.5 Å². The second kappa shape index (κ2) is 7.85. The van der Waals surface area contributed by atoms with Gasteiger partial charge in [-0.1, -0.05) is 31.1 Å². The van der Waals surface area contributed by atoms with Gasteiger partial charge in [0.15, 0.2) is 5.82 Å². The third kappa shape index (κ3) is 4.31. The Bertz CT molecular complexity index is 830. The van der Waals surface area contributed by atoms with E-state index in [4.69, 9.17) is 9.26 Å². The molecule has 3 rings (SSSR count). The van der Waals surface area contributed by atoms with Gasteiger partial charge in [-0.25, -0.2) is 8.42 Å². The van der Waals surface area contributed by atoms with Gasteiger partial charge in [-0.2, -0.15) is 9.29 Å². The molecule has 0 aliphatic carbocycles. The molecule has 0 radical (unpaired) electrons. The number of hydrogen-bond acceptors (Lipinski definition) is 6. The molecule has 0 bridgehead atoms. The van der Waals surface area contributed by atoms with E-state index >= 15 is 0 Å². The Labute approximate surface area is 154 Å². The Morgan fingerprint density at radius 1 is 1.31 bits per heavy atom. The SMILES string of the molecule is Cc1nc(COC2CCCN(S(=O)(=O)c3ccc(C(C)C)cc3)C2)no1. The van der Waals surface area contributed by atoms with Crippen molar-refractivity contribution in [3.8, 4) is 0 Å². The lowest BCUT2D eigenvalue weighted by Gasteiger charge is -2.31. The van der Waals surface area contributed by atoms with Crippen LogP contribution < -0.4 is 0 Å². The third-order valence-corrected chi connectivity index (χ3v) is 6.42. The normalized spacial score (nSPS) is 19.2. The van der Waals surface area contributed by atoms with E-state index in [-0.39, 0.29) is 12.7 Å². The van der Waals surface area contributed by atoms with Crippen LogP contribution in [0.2, 0.25) is 0 Å².